The lowest BCUT2D eigenvalue weighted by Crippen LogP contribution is -2.30. The number of hydrogen-bond donors (Lipinski definition) is 0. The van der Waals surface area contributed by atoms with Gasteiger partial charge in [-0.05, 0) is 24.9 Å². The zero-order valence-electron chi connectivity index (χ0n) is 9.56. The van der Waals surface area contributed by atoms with E-state index in [1.54, 1.807) is 0 Å². The van der Waals surface area contributed by atoms with E-state index in [1.807, 2.05) is 18.6 Å². The summed E-state index contributed by atoms with van der Waals surface area (Å²) in [6.07, 6.45) is 9.62. The van der Waals surface area contributed by atoms with Gasteiger partial charge in [0.25, 0.3) is 0 Å². The maximum atomic E-state index is 4.49. The number of fused-ring (bicyclic) bond motifs is 1. The van der Waals surface area contributed by atoms with E-state index in [1.165, 1.54) is 19.3 Å². The predicted octanol–water partition coefficient (Wildman–Crippen LogP) is -0.0220. The third-order valence-corrected chi connectivity index (χ3v) is 3.25. The van der Waals surface area contributed by atoms with E-state index in [4.69, 9.17) is 0 Å². The van der Waals surface area contributed by atoms with E-state index >= 15 is 0 Å². The lowest BCUT2D eigenvalue weighted by molar-refractivity contribution is 0.574. The van der Waals surface area contributed by atoms with Crippen LogP contribution >= 0.6 is 0 Å². The molecule has 1 aliphatic rings. The van der Waals surface area contributed by atoms with Crippen LogP contribution < -0.4 is 10.5 Å². The van der Waals surface area contributed by atoms with Crippen LogP contribution in [0.1, 0.15) is 19.3 Å². The van der Waals surface area contributed by atoms with E-state index in [0.717, 1.165) is 30.1 Å². The summed E-state index contributed by atoms with van der Waals surface area (Å²) in [4.78, 5) is 11.3. The van der Waals surface area contributed by atoms with Crippen LogP contribution in [0.4, 0.5) is 5.82 Å². The second-order valence-electron chi connectivity index (χ2n) is 4.39. The highest BCUT2D eigenvalue weighted by molar-refractivity contribution is 6.31. The maximum Gasteiger partial charge on any atom is 0.179 e. The molecule has 0 saturated carbocycles. The summed E-state index contributed by atoms with van der Waals surface area (Å²) < 4.78 is 2.11. The van der Waals surface area contributed by atoms with Gasteiger partial charge in [0.15, 0.2) is 19.3 Å². The van der Waals surface area contributed by atoms with Crippen molar-refractivity contribution in [2.45, 2.75) is 19.3 Å². The number of hydrogen-bond acceptors (Lipinski definition) is 3. The van der Waals surface area contributed by atoms with Crippen LogP contribution in [0, 0.1) is 0 Å². The van der Waals surface area contributed by atoms with Crippen LogP contribution in [0.15, 0.2) is 18.6 Å². The molecule has 3 heterocycles. The van der Waals surface area contributed by atoms with Gasteiger partial charge >= 0.3 is 0 Å². The molecule has 1 saturated heterocycles. The average molecular weight is 214 g/mol. The minimum Gasteiger partial charge on any atom is -0.354 e. The van der Waals surface area contributed by atoms with Gasteiger partial charge in [0.05, 0.1) is 0 Å². The molecule has 1 aliphatic heterocycles. The Hall–Kier alpha value is -1.52. The molecule has 82 valence electrons. The molecule has 0 atom stereocenters. The molecule has 2 aromatic heterocycles. The third kappa shape index (κ3) is 1.47. The molecule has 3 rings (SSSR count). The summed E-state index contributed by atoms with van der Waals surface area (Å²) in [6.45, 7) is 2.22. The predicted molar refractivity (Wildman–Crippen MR) is 67.2 cm³/mol. The van der Waals surface area contributed by atoms with E-state index < -0.39 is 0 Å². The molecule has 0 spiro atoms. The Balaban J connectivity index is 2.08. The minimum atomic E-state index is 0.988. The molecule has 0 radical (unpaired) electrons. The lowest BCUT2D eigenvalue weighted by Gasteiger charge is -2.27. The Labute approximate surface area is 95.7 Å². The quantitative estimate of drug-likeness (QED) is 0.625. The van der Waals surface area contributed by atoms with Gasteiger partial charge in [-0.1, -0.05) is 0 Å². The number of imidazole rings is 1. The van der Waals surface area contributed by atoms with Gasteiger partial charge in [-0.3, -0.25) is 0 Å². The Morgan fingerprint density at radius 2 is 1.94 bits per heavy atom. The first kappa shape index (κ1) is 9.69. The summed E-state index contributed by atoms with van der Waals surface area (Å²) >= 11 is 0. The fraction of sp³-hybridized carbons (Fsp3) is 0.455. The summed E-state index contributed by atoms with van der Waals surface area (Å²) in [7, 11) is 2.07. The molecule has 0 aliphatic carbocycles. The Kier molecular flexibility index (Phi) is 2.31. The third-order valence-electron chi connectivity index (χ3n) is 3.25. The van der Waals surface area contributed by atoms with Crippen molar-refractivity contribution < 1.29 is 0 Å². The fourth-order valence-corrected chi connectivity index (χ4v) is 2.36. The van der Waals surface area contributed by atoms with E-state index in [-0.39, 0.29) is 0 Å². The largest absolute Gasteiger partial charge is 0.354 e. The molecular formula is C11H15BN4. The van der Waals surface area contributed by atoms with Crippen LogP contribution in [-0.2, 0) is 0 Å². The standard InChI is InChI=1S/C11H15BN4/c12-9-8-14-11-10(13-4-7-16(9)11)15-5-2-1-3-6-15/h4,7-8H,1-3,5-6,12H2. The topological polar surface area (TPSA) is 33.4 Å². The molecule has 1 fully saturated rings. The Morgan fingerprint density at radius 3 is 2.75 bits per heavy atom. The summed E-state index contributed by atoms with van der Waals surface area (Å²) in [5.41, 5.74) is 2.15. The maximum absolute atomic E-state index is 4.49. The number of anilines is 1. The highest BCUT2D eigenvalue weighted by Crippen LogP contribution is 2.20. The van der Waals surface area contributed by atoms with Crippen molar-refractivity contribution in [2.75, 3.05) is 18.0 Å². The van der Waals surface area contributed by atoms with Crippen LogP contribution in [-0.4, -0.2) is 35.3 Å². The zero-order valence-corrected chi connectivity index (χ0v) is 9.56. The van der Waals surface area contributed by atoms with Gasteiger partial charge < -0.3 is 9.30 Å². The van der Waals surface area contributed by atoms with Gasteiger partial charge in [0, 0.05) is 31.7 Å². The highest BCUT2D eigenvalue weighted by Gasteiger charge is 2.16. The van der Waals surface area contributed by atoms with Crippen molar-refractivity contribution in [3.05, 3.63) is 18.6 Å². The summed E-state index contributed by atoms with van der Waals surface area (Å²) in [5, 5.41) is 0. The zero-order chi connectivity index (χ0) is 11.0. The van der Waals surface area contributed by atoms with E-state index in [2.05, 4.69) is 27.1 Å². The molecule has 5 heteroatoms. The average Bonchev–Trinajstić information content (AvgIpc) is 2.73. The van der Waals surface area contributed by atoms with Crippen molar-refractivity contribution in [1.29, 1.82) is 0 Å². The molecule has 0 amide bonds. The lowest BCUT2D eigenvalue weighted by atomic mass is 10.1. The SMILES string of the molecule is Bc1cnc2c(N3CCCCC3)nccn12. The van der Waals surface area contributed by atoms with E-state index in [0.29, 0.717) is 0 Å². The van der Waals surface area contributed by atoms with E-state index in [9.17, 15) is 0 Å². The molecule has 0 aromatic carbocycles. The van der Waals surface area contributed by atoms with Crippen LogP contribution in [0.3, 0.4) is 0 Å². The van der Waals surface area contributed by atoms with Gasteiger partial charge in [-0.25, -0.2) is 9.97 Å². The first-order valence-corrected chi connectivity index (χ1v) is 5.90. The summed E-state index contributed by atoms with van der Waals surface area (Å²) in [6, 6.07) is 0. The van der Waals surface area contributed by atoms with Crippen LogP contribution in [0.25, 0.3) is 5.65 Å². The number of aromatic nitrogens is 3. The van der Waals surface area contributed by atoms with Crippen molar-refractivity contribution in [1.82, 2.24) is 14.4 Å². The van der Waals surface area contributed by atoms with Gasteiger partial charge in [0.2, 0.25) is 0 Å². The Morgan fingerprint density at radius 1 is 1.12 bits per heavy atom. The van der Waals surface area contributed by atoms with Crippen molar-refractivity contribution >= 4 is 24.9 Å². The second-order valence-corrected chi connectivity index (χ2v) is 4.39. The van der Waals surface area contributed by atoms with Gasteiger partial charge in [-0.15, -0.1) is 0 Å². The van der Waals surface area contributed by atoms with Crippen LogP contribution in [0.5, 0.6) is 0 Å². The highest BCUT2D eigenvalue weighted by atomic mass is 15.2. The molecule has 16 heavy (non-hydrogen) atoms. The van der Waals surface area contributed by atoms with Crippen molar-refractivity contribution in [3.63, 3.8) is 0 Å². The van der Waals surface area contributed by atoms with Crippen molar-refractivity contribution in [2.24, 2.45) is 0 Å². The minimum absolute atomic E-state index is 0.988. The number of nitrogens with zero attached hydrogens (tertiary/aromatic N) is 4. The molecular weight excluding hydrogens is 199 g/mol. The molecule has 4 nitrogen and oxygen atoms in total. The normalized spacial score (nSPS) is 16.9. The Bertz CT molecular complexity index is 502. The van der Waals surface area contributed by atoms with Crippen molar-refractivity contribution in [3.8, 4) is 0 Å². The first-order valence-electron chi connectivity index (χ1n) is 5.90. The van der Waals surface area contributed by atoms with Crippen LogP contribution in [0.2, 0.25) is 0 Å². The first-order chi connectivity index (χ1) is 7.86. The number of rotatable bonds is 1. The second kappa shape index (κ2) is 3.81. The fourth-order valence-electron chi connectivity index (χ4n) is 2.36. The summed E-state index contributed by atoms with van der Waals surface area (Å²) in [5.74, 6) is 1.04. The molecule has 0 bridgehead atoms. The molecule has 2 aromatic rings. The monoisotopic (exact) mass is 214 g/mol. The molecule has 0 unspecified atom stereocenters. The number of piperidine rings is 1. The van der Waals surface area contributed by atoms with Gasteiger partial charge in [0.1, 0.15) is 0 Å². The molecule has 0 N–H and O–H groups in total. The van der Waals surface area contributed by atoms with Gasteiger partial charge in [-0.2, -0.15) is 0 Å². The smallest absolute Gasteiger partial charge is 0.179 e.